The van der Waals surface area contributed by atoms with Gasteiger partial charge in [-0.15, -0.1) is 0 Å². The zero-order chi connectivity index (χ0) is 18.5. The van der Waals surface area contributed by atoms with E-state index < -0.39 is 0 Å². The van der Waals surface area contributed by atoms with Crippen molar-refractivity contribution in [3.63, 3.8) is 0 Å². The molecule has 0 bridgehead atoms. The number of carbonyl (C=O) groups is 2. The molecular weight excluding hydrogens is 335 g/mol. The molecule has 2 aliphatic rings. The van der Waals surface area contributed by atoms with Crippen molar-refractivity contribution >= 4 is 11.8 Å². The van der Waals surface area contributed by atoms with Crippen molar-refractivity contribution in [3.8, 4) is 0 Å². The summed E-state index contributed by atoms with van der Waals surface area (Å²) >= 11 is 0. The fraction of sp³-hybridized carbons (Fsp3) is 0.600. The first-order chi connectivity index (χ1) is 12.6. The first-order valence-corrected chi connectivity index (χ1v) is 9.53. The molecule has 1 aromatic rings. The normalized spacial score (nSPS) is 19.6. The van der Waals surface area contributed by atoms with Gasteiger partial charge in [0, 0.05) is 44.3 Å². The molecule has 0 radical (unpaired) electrons. The number of amides is 2. The van der Waals surface area contributed by atoms with Crippen LogP contribution in [-0.2, 0) is 9.53 Å². The molecule has 3 rings (SSSR count). The van der Waals surface area contributed by atoms with Gasteiger partial charge in [0.15, 0.2) is 0 Å². The summed E-state index contributed by atoms with van der Waals surface area (Å²) in [7, 11) is 0. The van der Waals surface area contributed by atoms with E-state index in [9.17, 15) is 14.0 Å². The summed E-state index contributed by atoms with van der Waals surface area (Å²) in [5.74, 6) is -0.225. The lowest BCUT2D eigenvalue weighted by atomic mass is 9.93. The van der Waals surface area contributed by atoms with Crippen LogP contribution < -0.4 is 0 Å². The highest BCUT2D eigenvalue weighted by molar-refractivity contribution is 5.94. The molecule has 2 fully saturated rings. The van der Waals surface area contributed by atoms with Crippen molar-refractivity contribution in [1.82, 2.24) is 9.80 Å². The van der Waals surface area contributed by atoms with Crippen molar-refractivity contribution < 1.29 is 18.7 Å². The van der Waals surface area contributed by atoms with Crippen molar-refractivity contribution in [2.75, 3.05) is 32.8 Å². The quantitative estimate of drug-likeness (QED) is 0.827. The number of carbonyl (C=O) groups excluding carboxylic acids is 2. The molecule has 0 N–H and O–H groups in total. The number of rotatable bonds is 4. The van der Waals surface area contributed by atoms with Crippen LogP contribution in [0.5, 0.6) is 0 Å². The lowest BCUT2D eigenvalue weighted by Gasteiger charge is -2.37. The van der Waals surface area contributed by atoms with E-state index in [1.807, 2.05) is 11.8 Å². The summed E-state index contributed by atoms with van der Waals surface area (Å²) in [5, 5.41) is 0. The van der Waals surface area contributed by atoms with Crippen LogP contribution in [0.25, 0.3) is 0 Å². The molecule has 0 aromatic heterocycles. The lowest BCUT2D eigenvalue weighted by Crippen LogP contribution is -2.47. The van der Waals surface area contributed by atoms with Gasteiger partial charge in [-0.3, -0.25) is 9.59 Å². The van der Waals surface area contributed by atoms with E-state index in [1.54, 1.807) is 4.90 Å². The van der Waals surface area contributed by atoms with Crippen LogP contribution in [0.4, 0.5) is 4.39 Å². The summed E-state index contributed by atoms with van der Waals surface area (Å²) in [6.45, 7) is 5.39. The van der Waals surface area contributed by atoms with Gasteiger partial charge in [0.2, 0.25) is 5.91 Å². The molecule has 0 aliphatic carbocycles. The molecule has 1 aromatic carbocycles. The molecule has 26 heavy (non-hydrogen) atoms. The maximum Gasteiger partial charge on any atom is 0.253 e. The maximum absolute atomic E-state index is 13.0. The molecule has 2 saturated heterocycles. The first kappa shape index (κ1) is 18.8. The Morgan fingerprint density at radius 1 is 1.00 bits per heavy atom. The van der Waals surface area contributed by atoms with E-state index in [0.29, 0.717) is 31.5 Å². The molecule has 5 nitrogen and oxygen atoms in total. The summed E-state index contributed by atoms with van der Waals surface area (Å²) in [4.78, 5) is 28.9. The van der Waals surface area contributed by atoms with Crippen molar-refractivity contribution in [3.05, 3.63) is 35.6 Å². The number of halogens is 1. The predicted octanol–water partition coefficient (Wildman–Crippen LogP) is 2.71. The Morgan fingerprint density at radius 3 is 2.15 bits per heavy atom. The summed E-state index contributed by atoms with van der Waals surface area (Å²) < 4.78 is 18.6. The Labute approximate surface area is 154 Å². The molecule has 0 saturated carbocycles. The average Bonchev–Trinajstić information content (AvgIpc) is 2.68. The van der Waals surface area contributed by atoms with Crippen molar-refractivity contribution in [2.45, 2.75) is 38.7 Å². The first-order valence-electron chi connectivity index (χ1n) is 9.53. The van der Waals surface area contributed by atoms with Gasteiger partial charge in [-0.05, 0) is 56.9 Å². The molecule has 0 spiro atoms. The monoisotopic (exact) mass is 362 g/mol. The second-order valence-corrected chi connectivity index (χ2v) is 7.05. The Morgan fingerprint density at radius 2 is 1.58 bits per heavy atom. The molecule has 6 heteroatoms. The third-order valence-electron chi connectivity index (χ3n) is 5.38. The van der Waals surface area contributed by atoms with Gasteiger partial charge >= 0.3 is 0 Å². The lowest BCUT2D eigenvalue weighted by molar-refractivity contribution is -0.139. The van der Waals surface area contributed by atoms with Crippen LogP contribution >= 0.6 is 0 Å². The molecule has 2 aliphatic heterocycles. The highest BCUT2D eigenvalue weighted by Crippen LogP contribution is 2.23. The smallest absolute Gasteiger partial charge is 0.253 e. The second kappa shape index (κ2) is 8.62. The fourth-order valence-corrected chi connectivity index (χ4v) is 3.84. The molecule has 2 amide bonds. The zero-order valence-electron chi connectivity index (χ0n) is 15.3. The number of ether oxygens (including phenoxy) is 1. The minimum absolute atomic E-state index is 0.00379. The Balaban J connectivity index is 1.48. The number of hydrogen-bond donors (Lipinski definition) is 0. The molecular formula is C20H27FN2O3. The van der Waals surface area contributed by atoms with Crippen molar-refractivity contribution in [2.24, 2.45) is 5.92 Å². The van der Waals surface area contributed by atoms with Crippen molar-refractivity contribution in [1.29, 1.82) is 0 Å². The molecule has 2 heterocycles. The van der Waals surface area contributed by atoms with E-state index in [0.717, 1.165) is 32.5 Å². The number of piperidine rings is 2. The van der Waals surface area contributed by atoms with Gasteiger partial charge in [-0.1, -0.05) is 0 Å². The fourth-order valence-electron chi connectivity index (χ4n) is 3.84. The summed E-state index contributed by atoms with van der Waals surface area (Å²) in [5.41, 5.74) is 0.495. The van der Waals surface area contributed by atoms with Crippen LogP contribution in [0.15, 0.2) is 24.3 Å². The number of nitrogens with zero attached hydrogens (tertiary/aromatic N) is 2. The van der Waals surface area contributed by atoms with E-state index in [1.165, 1.54) is 24.3 Å². The largest absolute Gasteiger partial charge is 0.378 e. The van der Waals surface area contributed by atoms with Crippen LogP contribution in [0.3, 0.4) is 0 Å². The van der Waals surface area contributed by atoms with Crippen LogP contribution in [0, 0.1) is 11.7 Å². The Kier molecular flexibility index (Phi) is 6.25. The van der Waals surface area contributed by atoms with Gasteiger partial charge in [-0.2, -0.15) is 0 Å². The average molecular weight is 362 g/mol. The predicted molar refractivity (Wildman–Crippen MR) is 96.3 cm³/mol. The summed E-state index contributed by atoms with van der Waals surface area (Å²) in [6.07, 6.45) is 3.47. The molecule has 142 valence electrons. The van der Waals surface area contributed by atoms with E-state index in [2.05, 4.69) is 0 Å². The van der Waals surface area contributed by atoms with E-state index in [-0.39, 0.29) is 29.7 Å². The Bertz CT molecular complexity index is 618. The highest BCUT2D eigenvalue weighted by atomic mass is 19.1. The van der Waals surface area contributed by atoms with Crippen LogP contribution in [0.2, 0.25) is 0 Å². The van der Waals surface area contributed by atoms with Gasteiger partial charge < -0.3 is 14.5 Å². The zero-order valence-corrected chi connectivity index (χ0v) is 15.3. The SMILES string of the molecule is CCOC1CCN(C(=O)C2CCN(C(=O)c3ccc(F)cc3)CC2)CC1. The minimum Gasteiger partial charge on any atom is -0.378 e. The topological polar surface area (TPSA) is 49.9 Å². The second-order valence-electron chi connectivity index (χ2n) is 7.05. The van der Waals surface area contributed by atoms with Crippen LogP contribution in [-0.4, -0.2) is 60.5 Å². The highest BCUT2D eigenvalue weighted by Gasteiger charge is 2.32. The van der Waals surface area contributed by atoms with Gasteiger partial charge in [0.1, 0.15) is 5.82 Å². The standard InChI is InChI=1S/C20H27FN2O3/c1-2-26-18-9-13-23(14-10-18)20(25)16-7-11-22(12-8-16)19(24)15-3-5-17(21)6-4-15/h3-6,16,18H,2,7-14H2,1H3. The van der Waals surface area contributed by atoms with Gasteiger partial charge in [0.05, 0.1) is 6.10 Å². The Hall–Kier alpha value is -1.95. The van der Waals surface area contributed by atoms with Gasteiger partial charge in [-0.25, -0.2) is 4.39 Å². The van der Waals surface area contributed by atoms with Gasteiger partial charge in [0.25, 0.3) is 5.91 Å². The summed E-state index contributed by atoms with van der Waals surface area (Å²) in [6, 6.07) is 5.62. The van der Waals surface area contributed by atoms with E-state index >= 15 is 0 Å². The van der Waals surface area contributed by atoms with Crippen LogP contribution in [0.1, 0.15) is 43.0 Å². The third-order valence-corrected chi connectivity index (χ3v) is 5.38. The maximum atomic E-state index is 13.0. The van der Waals surface area contributed by atoms with E-state index in [4.69, 9.17) is 4.74 Å². The third kappa shape index (κ3) is 4.41. The molecule has 0 atom stereocenters. The molecule has 0 unspecified atom stereocenters. The number of benzene rings is 1. The number of likely N-dealkylation sites (tertiary alicyclic amines) is 2. The minimum atomic E-state index is -0.348. The number of hydrogen-bond acceptors (Lipinski definition) is 3.